The molecule has 2 aliphatic carbocycles. The Labute approximate surface area is 111 Å². The monoisotopic (exact) mass is 243 g/mol. The lowest BCUT2D eigenvalue weighted by Gasteiger charge is -2.20. The van der Waals surface area contributed by atoms with Crippen molar-refractivity contribution in [2.75, 3.05) is 0 Å². The first-order chi connectivity index (χ1) is 8.83. The number of benzene rings is 1. The maximum atomic E-state index is 3.73. The van der Waals surface area contributed by atoms with Gasteiger partial charge in [-0.2, -0.15) is 0 Å². The summed E-state index contributed by atoms with van der Waals surface area (Å²) in [5.41, 5.74) is 3.02. The number of rotatable bonds is 5. The predicted molar refractivity (Wildman–Crippen MR) is 76.7 cm³/mol. The van der Waals surface area contributed by atoms with Crippen molar-refractivity contribution in [3.63, 3.8) is 0 Å². The highest BCUT2D eigenvalue weighted by atomic mass is 14.9. The maximum absolute atomic E-state index is 3.73. The molecule has 0 spiro atoms. The van der Waals surface area contributed by atoms with E-state index in [1.54, 1.807) is 5.56 Å². The summed E-state index contributed by atoms with van der Waals surface area (Å²) in [5.74, 6) is 1.79. The van der Waals surface area contributed by atoms with Crippen molar-refractivity contribution < 1.29 is 0 Å². The second-order valence-electron chi connectivity index (χ2n) is 6.23. The van der Waals surface area contributed by atoms with Crippen LogP contribution in [0, 0.1) is 5.92 Å². The summed E-state index contributed by atoms with van der Waals surface area (Å²) < 4.78 is 0. The van der Waals surface area contributed by atoms with Crippen LogP contribution in [-0.2, 0) is 6.54 Å². The quantitative estimate of drug-likeness (QED) is 0.816. The predicted octanol–water partition coefficient (Wildman–Crippen LogP) is 4.23. The largest absolute Gasteiger partial charge is 0.310 e. The Balaban J connectivity index is 1.53. The van der Waals surface area contributed by atoms with Gasteiger partial charge in [-0.1, -0.05) is 37.1 Å². The van der Waals surface area contributed by atoms with E-state index in [0.29, 0.717) is 6.04 Å². The lowest BCUT2D eigenvalue weighted by Crippen LogP contribution is -2.31. The molecule has 18 heavy (non-hydrogen) atoms. The van der Waals surface area contributed by atoms with Crippen molar-refractivity contribution >= 4 is 0 Å². The van der Waals surface area contributed by atoms with Gasteiger partial charge in [-0.05, 0) is 55.6 Å². The third-order valence-electron chi connectivity index (χ3n) is 4.73. The number of hydrogen-bond donors (Lipinski definition) is 1. The summed E-state index contributed by atoms with van der Waals surface area (Å²) in [7, 11) is 0. The smallest absolute Gasteiger partial charge is 0.0208 e. The van der Waals surface area contributed by atoms with E-state index in [2.05, 4.69) is 36.5 Å². The van der Waals surface area contributed by atoms with E-state index in [1.165, 1.54) is 44.1 Å². The van der Waals surface area contributed by atoms with E-state index in [4.69, 9.17) is 0 Å². The third-order valence-corrected chi connectivity index (χ3v) is 4.73. The Bertz CT molecular complexity index is 388. The molecule has 1 unspecified atom stereocenters. The maximum Gasteiger partial charge on any atom is 0.0208 e. The first kappa shape index (κ1) is 12.2. The summed E-state index contributed by atoms with van der Waals surface area (Å²) in [6, 6.07) is 9.87. The molecular weight excluding hydrogens is 218 g/mol. The van der Waals surface area contributed by atoms with Crippen molar-refractivity contribution in [1.29, 1.82) is 0 Å². The molecule has 1 nitrogen and oxygen atoms in total. The molecule has 3 rings (SSSR count). The summed E-state index contributed by atoms with van der Waals surface area (Å²) in [5, 5.41) is 3.73. The second-order valence-corrected chi connectivity index (χ2v) is 6.23. The standard InChI is InChI=1S/C17H25N/c1-13(15-6-2-3-7-15)18-12-14-5-4-8-17(11-14)16-9-10-16/h4-5,8,11,13,15-16,18H,2-3,6-7,9-10,12H2,1H3. The molecule has 1 aromatic rings. The molecule has 0 saturated heterocycles. The minimum Gasteiger partial charge on any atom is -0.310 e. The first-order valence-electron chi connectivity index (χ1n) is 7.65. The van der Waals surface area contributed by atoms with Gasteiger partial charge in [0.05, 0.1) is 0 Å². The van der Waals surface area contributed by atoms with Gasteiger partial charge in [0.1, 0.15) is 0 Å². The lowest BCUT2D eigenvalue weighted by molar-refractivity contribution is 0.380. The molecule has 1 heteroatoms. The van der Waals surface area contributed by atoms with Gasteiger partial charge >= 0.3 is 0 Å². The highest BCUT2D eigenvalue weighted by molar-refractivity contribution is 5.29. The highest BCUT2D eigenvalue weighted by Gasteiger charge is 2.24. The van der Waals surface area contributed by atoms with E-state index in [9.17, 15) is 0 Å². The zero-order chi connectivity index (χ0) is 12.4. The van der Waals surface area contributed by atoms with Crippen LogP contribution in [0.3, 0.4) is 0 Å². The van der Waals surface area contributed by atoms with Crippen LogP contribution in [0.4, 0.5) is 0 Å². The molecule has 2 aliphatic rings. The molecule has 0 bridgehead atoms. The lowest BCUT2D eigenvalue weighted by atomic mass is 9.99. The average Bonchev–Trinajstić information content (AvgIpc) is 3.11. The molecule has 0 aromatic heterocycles. The van der Waals surface area contributed by atoms with Crippen LogP contribution in [0.25, 0.3) is 0 Å². The first-order valence-corrected chi connectivity index (χ1v) is 7.65. The topological polar surface area (TPSA) is 12.0 Å². The zero-order valence-corrected chi connectivity index (χ0v) is 11.5. The Kier molecular flexibility index (Phi) is 3.69. The Hall–Kier alpha value is -0.820. The molecule has 0 amide bonds. The van der Waals surface area contributed by atoms with Gasteiger partial charge in [0.2, 0.25) is 0 Å². The van der Waals surface area contributed by atoms with Gasteiger partial charge in [0.15, 0.2) is 0 Å². The fraction of sp³-hybridized carbons (Fsp3) is 0.647. The van der Waals surface area contributed by atoms with Crippen LogP contribution in [0.5, 0.6) is 0 Å². The van der Waals surface area contributed by atoms with Crippen molar-refractivity contribution in [3.05, 3.63) is 35.4 Å². The fourth-order valence-corrected chi connectivity index (χ4v) is 3.28. The van der Waals surface area contributed by atoms with Gasteiger partial charge in [0.25, 0.3) is 0 Å². The van der Waals surface area contributed by atoms with E-state index in [1.807, 2.05) is 0 Å². The molecule has 0 heterocycles. The SMILES string of the molecule is CC(NCc1cccc(C2CC2)c1)C1CCCC1. The summed E-state index contributed by atoms with van der Waals surface area (Å²) in [6.07, 6.45) is 8.53. The summed E-state index contributed by atoms with van der Waals surface area (Å²) in [4.78, 5) is 0. The molecule has 2 fully saturated rings. The van der Waals surface area contributed by atoms with Crippen LogP contribution in [0.2, 0.25) is 0 Å². The van der Waals surface area contributed by atoms with Crippen LogP contribution in [0.1, 0.15) is 62.5 Å². The molecule has 0 radical (unpaired) electrons. The van der Waals surface area contributed by atoms with E-state index in [0.717, 1.165) is 18.4 Å². The number of hydrogen-bond acceptors (Lipinski definition) is 1. The molecule has 1 atom stereocenters. The van der Waals surface area contributed by atoms with Crippen molar-refractivity contribution in [3.8, 4) is 0 Å². The molecule has 1 aromatic carbocycles. The van der Waals surface area contributed by atoms with Gasteiger partial charge in [-0.15, -0.1) is 0 Å². The fourth-order valence-electron chi connectivity index (χ4n) is 3.28. The van der Waals surface area contributed by atoms with Crippen LogP contribution in [-0.4, -0.2) is 6.04 Å². The van der Waals surface area contributed by atoms with Gasteiger partial charge in [0, 0.05) is 12.6 Å². The highest BCUT2D eigenvalue weighted by Crippen LogP contribution is 2.40. The van der Waals surface area contributed by atoms with E-state index >= 15 is 0 Å². The molecular formula is C17H25N. The molecule has 1 N–H and O–H groups in total. The second kappa shape index (κ2) is 5.44. The van der Waals surface area contributed by atoms with E-state index < -0.39 is 0 Å². The van der Waals surface area contributed by atoms with Crippen LogP contribution < -0.4 is 5.32 Å². The van der Waals surface area contributed by atoms with Crippen molar-refractivity contribution in [1.82, 2.24) is 5.32 Å². The number of nitrogens with one attached hydrogen (secondary N) is 1. The Morgan fingerprint density at radius 1 is 1.17 bits per heavy atom. The van der Waals surface area contributed by atoms with Crippen LogP contribution in [0.15, 0.2) is 24.3 Å². The van der Waals surface area contributed by atoms with Gasteiger partial charge < -0.3 is 5.32 Å². The van der Waals surface area contributed by atoms with Gasteiger partial charge in [-0.25, -0.2) is 0 Å². The zero-order valence-electron chi connectivity index (χ0n) is 11.5. The van der Waals surface area contributed by atoms with Crippen LogP contribution >= 0.6 is 0 Å². The summed E-state index contributed by atoms with van der Waals surface area (Å²) in [6.45, 7) is 3.40. The molecule has 98 valence electrons. The van der Waals surface area contributed by atoms with Gasteiger partial charge in [-0.3, -0.25) is 0 Å². The normalized spacial score (nSPS) is 22.3. The third kappa shape index (κ3) is 2.95. The minimum atomic E-state index is 0.678. The van der Waals surface area contributed by atoms with Crippen molar-refractivity contribution in [2.24, 2.45) is 5.92 Å². The molecule has 2 saturated carbocycles. The van der Waals surface area contributed by atoms with E-state index in [-0.39, 0.29) is 0 Å². The van der Waals surface area contributed by atoms with Crippen molar-refractivity contribution in [2.45, 2.75) is 64.0 Å². The Morgan fingerprint density at radius 2 is 1.94 bits per heavy atom. The summed E-state index contributed by atoms with van der Waals surface area (Å²) >= 11 is 0. The minimum absolute atomic E-state index is 0.678. The molecule has 0 aliphatic heterocycles. The average molecular weight is 243 g/mol. The Morgan fingerprint density at radius 3 is 2.67 bits per heavy atom.